The summed E-state index contributed by atoms with van der Waals surface area (Å²) >= 11 is 0. The molecule has 1 fully saturated rings. The number of likely N-dealkylation sites (tertiary alicyclic amines) is 1. The van der Waals surface area contributed by atoms with E-state index in [0.717, 1.165) is 24.7 Å². The predicted octanol–water partition coefficient (Wildman–Crippen LogP) is 2.75. The van der Waals surface area contributed by atoms with Crippen LogP contribution in [0.1, 0.15) is 51.1 Å². The molecule has 0 spiro atoms. The minimum absolute atomic E-state index is 0. The van der Waals surface area contributed by atoms with Gasteiger partial charge in [0.2, 0.25) is 0 Å². The van der Waals surface area contributed by atoms with Crippen molar-refractivity contribution in [3.63, 3.8) is 0 Å². The van der Waals surface area contributed by atoms with E-state index in [4.69, 9.17) is 0 Å². The zero-order valence-corrected chi connectivity index (χ0v) is 18.2. The quantitative estimate of drug-likeness (QED) is 0.257. The predicted molar refractivity (Wildman–Crippen MR) is 116 cm³/mol. The van der Waals surface area contributed by atoms with E-state index in [2.05, 4.69) is 32.5 Å². The van der Waals surface area contributed by atoms with Gasteiger partial charge in [-0.3, -0.25) is 4.68 Å². The molecule has 1 aromatic rings. The first-order chi connectivity index (χ1) is 11.8. The summed E-state index contributed by atoms with van der Waals surface area (Å²) in [7, 11) is 1.95. The van der Waals surface area contributed by atoms with Crippen LogP contribution in [0.2, 0.25) is 0 Å². The Labute approximate surface area is 169 Å². The van der Waals surface area contributed by atoms with E-state index in [0.29, 0.717) is 6.54 Å². The van der Waals surface area contributed by atoms with Gasteiger partial charge in [-0.05, 0) is 58.3 Å². The van der Waals surface area contributed by atoms with E-state index >= 15 is 0 Å². The Hall–Kier alpha value is -0.830. The molecule has 2 N–H and O–H groups in total. The summed E-state index contributed by atoms with van der Waals surface area (Å²) in [5.74, 6) is 0.898. The summed E-state index contributed by atoms with van der Waals surface area (Å²) in [6, 6.07) is 2.01. The number of halogens is 1. The van der Waals surface area contributed by atoms with Crippen molar-refractivity contribution in [3.05, 3.63) is 18.0 Å². The van der Waals surface area contributed by atoms with E-state index in [-0.39, 0.29) is 24.0 Å². The Morgan fingerprint density at radius 2 is 1.96 bits per heavy atom. The van der Waals surface area contributed by atoms with Crippen LogP contribution in [0.3, 0.4) is 0 Å². The van der Waals surface area contributed by atoms with Gasteiger partial charge < -0.3 is 15.5 Å². The van der Waals surface area contributed by atoms with E-state index < -0.39 is 0 Å². The van der Waals surface area contributed by atoms with Gasteiger partial charge in [-0.1, -0.05) is 12.8 Å². The van der Waals surface area contributed by atoms with E-state index in [9.17, 15) is 0 Å². The minimum atomic E-state index is 0. The topological polar surface area (TPSA) is 57.5 Å². The summed E-state index contributed by atoms with van der Waals surface area (Å²) in [4.78, 5) is 7.25. The van der Waals surface area contributed by atoms with Crippen molar-refractivity contribution in [2.75, 3.05) is 32.7 Å². The maximum atomic E-state index is 4.63. The van der Waals surface area contributed by atoms with E-state index in [1.807, 2.05) is 24.0 Å². The summed E-state index contributed by atoms with van der Waals surface area (Å²) in [5.41, 5.74) is 1.12. The Bertz CT molecular complexity index is 482. The minimum Gasteiger partial charge on any atom is -0.357 e. The number of nitrogens with one attached hydrogen (secondary N) is 2. The molecule has 0 amide bonds. The number of unbranched alkanes of at least 4 members (excludes halogenated alkanes) is 2. The van der Waals surface area contributed by atoms with Crippen LogP contribution < -0.4 is 10.6 Å². The molecule has 7 heteroatoms. The van der Waals surface area contributed by atoms with Crippen molar-refractivity contribution in [1.82, 2.24) is 25.3 Å². The lowest BCUT2D eigenvalue weighted by molar-refractivity contribution is 0.224. The molecule has 1 aliphatic rings. The van der Waals surface area contributed by atoms with Crippen LogP contribution >= 0.6 is 24.0 Å². The fraction of sp³-hybridized carbons (Fsp3) is 0.778. The summed E-state index contributed by atoms with van der Waals surface area (Å²) in [6.07, 6.45) is 9.81. The average molecular weight is 462 g/mol. The van der Waals surface area contributed by atoms with Crippen molar-refractivity contribution in [2.45, 2.75) is 52.0 Å². The normalized spacial score (nSPS) is 15.7. The second kappa shape index (κ2) is 13.4. The number of nitrogens with zero attached hydrogens (tertiary/aromatic N) is 4. The molecule has 0 radical (unpaired) electrons. The highest BCUT2D eigenvalue weighted by atomic mass is 127. The summed E-state index contributed by atoms with van der Waals surface area (Å²) < 4.78 is 1.87. The molecule has 2 rings (SSSR count). The largest absolute Gasteiger partial charge is 0.357 e. The number of aliphatic imine (C=N–C) groups is 1. The van der Waals surface area contributed by atoms with Gasteiger partial charge in [0.25, 0.3) is 0 Å². The third kappa shape index (κ3) is 8.89. The smallest absolute Gasteiger partial charge is 0.191 e. The zero-order valence-electron chi connectivity index (χ0n) is 15.8. The van der Waals surface area contributed by atoms with Crippen molar-refractivity contribution in [1.29, 1.82) is 0 Å². The number of hydrogen-bond donors (Lipinski definition) is 2. The van der Waals surface area contributed by atoms with Gasteiger partial charge in [0, 0.05) is 26.3 Å². The van der Waals surface area contributed by atoms with Gasteiger partial charge in [0.1, 0.15) is 0 Å². The molecule has 25 heavy (non-hydrogen) atoms. The van der Waals surface area contributed by atoms with Crippen LogP contribution in [0.4, 0.5) is 0 Å². The van der Waals surface area contributed by atoms with Gasteiger partial charge in [0.05, 0.1) is 12.2 Å². The Kier molecular flexibility index (Phi) is 11.9. The standard InChI is InChI=1S/C18H34N6.HI/c1-3-19-18(21-16-17-10-12-22-23(17)2)20-11-6-4-7-13-24-14-8-5-9-15-24;/h10,12H,3-9,11,13-16H2,1-2H3,(H2,19,20,21);1H. The van der Waals surface area contributed by atoms with E-state index in [1.165, 1.54) is 58.2 Å². The maximum Gasteiger partial charge on any atom is 0.191 e. The zero-order chi connectivity index (χ0) is 17.0. The molecule has 6 nitrogen and oxygen atoms in total. The van der Waals surface area contributed by atoms with Gasteiger partial charge in [0.15, 0.2) is 5.96 Å². The highest BCUT2D eigenvalue weighted by molar-refractivity contribution is 14.0. The third-order valence-electron chi connectivity index (χ3n) is 4.56. The number of rotatable bonds is 9. The Morgan fingerprint density at radius 3 is 2.64 bits per heavy atom. The summed E-state index contributed by atoms with van der Waals surface area (Å²) in [5, 5.41) is 10.9. The van der Waals surface area contributed by atoms with Crippen LogP contribution in [0.15, 0.2) is 17.3 Å². The number of guanidine groups is 1. The van der Waals surface area contributed by atoms with Gasteiger partial charge in [-0.15, -0.1) is 24.0 Å². The highest BCUT2D eigenvalue weighted by Gasteiger charge is 2.08. The molecule has 0 aromatic carbocycles. The maximum absolute atomic E-state index is 4.63. The fourth-order valence-corrected chi connectivity index (χ4v) is 3.09. The first-order valence-corrected chi connectivity index (χ1v) is 9.51. The molecule has 1 aliphatic heterocycles. The Morgan fingerprint density at radius 1 is 1.16 bits per heavy atom. The molecule has 0 bridgehead atoms. The SMILES string of the molecule is CCNC(=NCc1ccnn1C)NCCCCCN1CCCCC1.I. The van der Waals surface area contributed by atoms with Crippen LogP contribution in [0.5, 0.6) is 0 Å². The summed E-state index contributed by atoms with van der Waals surface area (Å²) in [6.45, 7) is 8.51. The van der Waals surface area contributed by atoms with Crippen molar-refractivity contribution in [3.8, 4) is 0 Å². The molecule has 0 unspecified atom stereocenters. The molecule has 2 heterocycles. The third-order valence-corrected chi connectivity index (χ3v) is 4.56. The first kappa shape index (κ1) is 22.2. The lowest BCUT2D eigenvalue weighted by Gasteiger charge is -2.26. The van der Waals surface area contributed by atoms with Gasteiger partial charge in [-0.2, -0.15) is 5.10 Å². The lowest BCUT2D eigenvalue weighted by atomic mass is 10.1. The molecular weight excluding hydrogens is 427 g/mol. The molecule has 0 atom stereocenters. The number of aryl methyl sites for hydroxylation is 1. The first-order valence-electron chi connectivity index (χ1n) is 9.51. The Balaban J connectivity index is 0.00000312. The van der Waals surface area contributed by atoms with E-state index in [1.54, 1.807) is 0 Å². The van der Waals surface area contributed by atoms with Crippen LogP contribution in [0.25, 0.3) is 0 Å². The van der Waals surface area contributed by atoms with Crippen molar-refractivity contribution in [2.24, 2.45) is 12.0 Å². The van der Waals surface area contributed by atoms with Gasteiger partial charge in [-0.25, -0.2) is 4.99 Å². The van der Waals surface area contributed by atoms with Crippen LogP contribution in [0, 0.1) is 0 Å². The average Bonchev–Trinajstić information content (AvgIpc) is 3.01. The van der Waals surface area contributed by atoms with Crippen molar-refractivity contribution < 1.29 is 0 Å². The number of piperidine rings is 1. The number of hydrogen-bond acceptors (Lipinski definition) is 3. The van der Waals surface area contributed by atoms with Crippen LogP contribution in [-0.2, 0) is 13.6 Å². The highest BCUT2D eigenvalue weighted by Crippen LogP contribution is 2.09. The van der Waals surface area contributed by atoms with Crippen molar-refractivity contribution >= 4 is 29.9 Å². The molecule has 1 saturated heterocycles. The molecule has 0 aliphatic carbocycles. The molecule has 0 saturated carbocycles. The van der Waals surface area contributed by atoms with Crippen LogP contribution in [-0.4, -0.2) is 53.4 Å². The number of aromatic nitrogens is 2. The molecule has 144 valence electrons. The monoisotopic (exact) mass is 462 g/mol. The molecular formula is C18H35IN6. The lowest BCUT2D eigenvalue weighted by Crippen LogP contribution is -2.37. The fourth-order valence-electron chi connectivity index (χ4n) is 3.09. The molecule has 1 aromatic heterocycles. The second-order valence-corrected chi connectivity index (χ2v) is 6.53. The van der Waals surface area contributed by atoms with Gasteiger partial charge >= 0.3 is 0 Å². The second-order valence-electron chi connectivity index (χ2n) is 6.53.